The van der Waals surface area contributed by atoms with Crippen LogP contribution in [0.15, 0.2) is 36.4 Å². The van der Waals surface area contributed by atoms with Crippen molar-refractivity contribution in [1.82, 2.24) is 5.32 Å². The van der Waals surface area contributed by atoms with E-state index in [1.807, 2.05) is 12.1 Å². The summed E-state index contributed by atoms with van der Waals surface area (Å²) >= 11 is 0. The predicted molar refractivity (Wildman–Crippen MR) is 96.6 cm³/mol. The van der Waals surface area contributed by atoms with Gasteiger partial charge in [-0.1, -0.05) is 6.08 Å². The number of esters is 1. The lowest BCUT2D eigenvalue weighted by Crippen LogP contribution is -2.15. The van der Waals surface area contributed by atoms with E-state index in [4.69, 9.17) is 14.2 Å². The summed E-state index contributed by atoms with van der Waals surface area (Å²) in [6.07, 6.45) is 8.20. The molecule has 0 aliphatic heterocycles. The second kappa shape index (κ2) is 11.7. The van der Waals surface area contributed by atoms with Gasteiger partial charge in [-0.25, -0.2) is 4.79 Å². The van der Waals surface area contributed by atoms with E-state index in [2.05, 4.69) is 5.32 Å². The van der Waals surface area contributed by atoms with E-state index in [1.165, 1.54) is 19.3 Å². The van der Waals surface area contributed by atoms with E-state index < -0.39 is 5.97 Å². The number of allylic oxidation sites excluding steroid dienone is 2. The topological polar surface area (TPSA) is 73.9 Å². The monoisotopic (exact) mass is 347 g/mol. The van der Waals surface area contributed by atoms with Crippen LogP contribution in [0.3, 0.4) is 0 Å². The maximum atomic E-state index is 11.6. The minimum Gasteiger partial charge on any atom is -0.493 e. The van der Waals surface area contributed by atoms with Crippen LogP contribution in [0.4, 0.5) is 0 Å². The lowest BCUT2D eigenvalue weighted by Gasteiger charge is -2.14. The van der Waals surface area contributed by atoms with E-state index in [9.17, 15) is 9.59 Å². The fourth-order valence-corrected chi connectivity index (χ4v) is 2.18. The Morgan fingerprint density at radius 3 is 2.52 bits per heavy atom. The quantitative estimate of drug-likeness (QED) is 0.287. The van der Waals surface area contributed by atoms with Crippen LogP contribution in [0, 0.1) is 0 Å². The summed E-state index contributed by atoms with van der Waals surface area (Å²) in [6, 6.07) is 5.43. The van der Waals surface area contributed by atoms with Crippen molar-refractivity contribution in [2.45, 2.75) is 19.3 Å². The molecule has 6 heteroatoms. The van der Waals surface area contributed by atoms with Gasteiger partial charge in [0.2, 0.25) is 0 Å². The summed E-state index contributed by atoms with van der Waals surface area (Å²) in [5.74, 6) is 0.758. The van der Waals surface area contributed by atoms with Gasteiger partial charge in [0.05, 0.1) is 21.3 Å². The van der Waals surface area contributed by atoms with E-state index in [0.29, 0.717) is 23.7 Å². The van der Waals surface area contributed by atoms with Crippen molar-refractivity contribution in [2.24, 2.45) is 0 Å². The highest BCUT2D eigenvalue weighted by Crippen LogP contribution is 2.29. The van der Waals surface area contributed by atoms with Crippen molar-refractivity contribution < 1.29 is 23.8 Å². The molecule has 25 heavy (non-hydrogen) atoms. The Kier molecular flexibility index (Phi) is 9.51. The Morgan fingerprint density at radius 1 is 1.12 bits per heavy atom. The van der Waals surface area contributed by atoms with Crippen LogP contribution >= 0.6 is 0 Å². The standard InChI is InChI=1S/C19H25NO5/c1-23-17-10-9-15(13-18(17)24-2)16(14-19(22)25-3)20-11-7-5-4-6-8-12-21/h6,8-10,12-14,20H,4-5,7,11H2,1-3H3/b8-6-,16-14-. The third kappa shape index (κ3) is 7.12. The number of ether oxygens (including phenoxy) is 3. The van der Waals surface area contributed by atoms with E-state index >= 15 is 0 Å². The first kappa shape index (κ1) is 20.3. The van der Waals surface area contributed by atoms with Gasteiger partial charge in [-0.2, -0.15) is 0 Å². The predicted octanol–water partition coefficient (Wildman–Crippen LogP) is 2.73. The van der Waals surface area contributed by atoms with Crippen LogP contribution in [0.2, 0.25) is 0 Å². The van der Waals surface area contributed by atoms with E-state index in [-0.39, 0.29) is 0 Å². The zero-order valence-electron chi connectivity index (χ0n) is 14.9. The van der Waals surface area contributed by atoms with Crippen molar-refractivity contribution in [2.75, 3.05) is 27.9 Å². The van der Waals surface area contributed by atoms with Crippen LogP contribution in [0.25, 0.3) is 5.70 Å². The number of unbranched alkanes of at least 4 members (excludes halogenated alkanes) is 2. The molecule has 0 aliphatic carbocycles. The lowest BCUT2D eigenvalue weighted by atomic mass is 10.1. The fraction of sp³-hybridized carbons (Fsp3) is 0.368. The molecule has 0 spiro atoms. The highest BCUT2D eigenvalue weighted by molar-refractivity contribution is 5.91. The number of rotatable bonds is 11. The van der Waals surface area contributed by atoms with Crippen LogP contribution < -0.4 is 14.8 Å². The number of carbonyl (C=O) groups excluding carboxylic acids is 2. The minimum absolute atomic E-state index is 0.439. The molecule has 0 aliphatic rings. The van der Waals surface area contributed by atoms with Crippen LogP contribution in [0.5, 0.6) is 11.5 Å². The van der Waals surface area contributed by atoms with E-state index in [1.54, 1.807) is 26.4 Å². The molecule has 0 aromatic heterocycles. The van der Waals surface area contributed by atoms with Gasteiger partial charge in [0.15, 0.2) is 11.5 Å². The third-order valence-electron chi connectivity index (χ3n) is 3.49. The van der Waals surface area contributed by atoms with Gasteiger partial charge in [0.1, 0.15) is 6.29 Å². The Hall–Kier alpha value is -2.76. The van der Waals surface area contributed by atoms with Gasteiger partial charge in [-0.05, 0) is 43.5 Å². The summed E-state index contributed by atoms with van der Waals surface area (Å²) in [5, 5.41) is 3.25. The number of carbonyl (C=O) groups is 2. The van der Waals surface area contributed by atoms with Crippen LogP contribution in [-0.2, 0) is 14.3 Å². The van der Waals surface area contributed by atoms with Gasteiger partial charge in [0, 0.05) is 23.9 Å². The molecule has 1 rings (SSSR count). The maximum Gasteiger partial charge on any atom is 0.332 e. The number of hydrogen-bond acceptors (Lipinski definition) is 6. The van der Waals surface area contributed by atoms with Gasteiger partial charge >= 0.3 is 5.97 Å². The molecule has 0 atom stereocenters. The summed E-state index contributed by atoms with van der Waals surface area (Å²) in [6.45, 7) is 0.687. The zero-order valence-corrected chi connectivity index (χ0v) is 14.9. The summed E-state index contributed by atoms with van der Waals surface area (Å²) in [4.78, 5) is 21.8. The molecule has 0 saturated carbocycles. The average Bonchev–Trinajstić information content (AvgIpc) is 2.65. The van der Waals surface area contributed by atoms with Gasteiger partial charge < -0.3 is 19.5 Å². The summed E-state index contributed by atoms with van der Waals surface area (Å²) in [7, 11) is 4.47. The van der Waals surface area contributed by atoms with Gasteiger partial charge in [-0.3, -0.25) is 4.79 Å². The average molecular weight is 347 g/mol. The van der Waals surface area contributed by atoms with Gasteiger partial charge in [-0.15, -0.1) is 0 Å². The molecule has 136 valence electrons. The van der Waals surface area contributed by atoms with E-state index in [0.717, 1.165) is 31.1 Å². The van der Waals surface area contributed by atoms with Crippen molar-refractivity contribution in [3.8, 4) is 11.5 Å². The summed E-state index contributed by atoms with van der Waals surface area (Å²) < 4.78 is 15.3. The van der Waals surface area contributed by atoms with Crippen molar-refractivity contribution >= 4 is 18.0 Å². The minimum atomic E-state index is -0.439. The smallest absolute Gasteiger partial charge is 0.332 e. The number of methoxy groups -OCH3 is 3. The fourth-order valence-electron chi connectivity index (χ4n) is 2.18. The first-order chi connectivity index (χ1) is 12.2. The Bertz CT molecular complexity index is 622. The number of benzene rings is 1. The molecule has 0 unspecified atom stereocenters. The zero-order chi connectivity index (χ0) is 18.5. The van der Waals surface area contributed by atoms with Crippen molar-refractivity contribution in [1.29, 1.82) is 0 Å². The third-order valence-corrected chi connectivity index (χ3v) is 3.49. The normalized spacial score (nSPS) is 11.2. The first-order valence-corrected chi connectivity index (χ1v) is 8.02. The molecule has 6 nitrogen and oxygen atoms in total. The van der Waals surface area contributed by atoms with Crippen LogP contribution in [0.1, 0.15) is 24.8 Å². The van der Waals surface area contributed by atoms with Gasteiger partial charge in [0.25, 0.3) is 0 Å². The molecule has 0 radical (unpaired) electrons. The Labute approximate surface area is 148 Å². The SMILES string of the molecule is COC(=O)/C=C(\NCCCC/C=C\C=O)c1ccc(OC)c(OC)c1. The molecule has 0 saturated heterocycles. The maximum absolute atomic E-state index is 11.6. The Morgan fingerprint density at radius 2 is 1.88 bits per heavy atom. The molecular weight excluding hydrogens is 322 g/mol. The molecule has 0 fully saturated rings. The molecular formula is C19H25NO5. The molecule has 1 aromatic rings. The molecule has 0 amide bonds. The molecule has 0 bridgehead atoms. The second-order valence-corrected chi connectivity index (χ2v) is 5.14. The highest BCUT2D eigenvalue weighted by atomic mass is 16.5. The molecule has 0 heterocycles. The second-order valence-electron chi connectivity index (χ2n) is 5.14. The lowest BCUT2D eigenvalue weighted by molar-refractivity contribution is -0.134. The van der Waals surface area contributed by atoms with Crippen LogP contribution in [-0.4, -0.2) is 40.1 Å². The molecule has 1 N–H and O–H groups in total. The Balaban J connectivity index is 2.80. The summed E-state index contributed by atoms with van der Waals surface area (Å²) in [5.41, 5.74) is 1.44. The van der Waals surface area contributed by atoms with Crippen molar-refractivity contribution in [3.63, 3.8) is 0 Å². The number of nitrogens with one attached hydrogen (secondary N) is 1. The largest absolute Gasteiger partial charge is 0.493 e. The number of hydrogen-bond donors (Lipinski definition) is 1. The highest BCUT2D eigenvalue weighted by Gasteiger charge is 2.10. The molecule has 1 aromatic carbocycles. The van der Waals surface area contributed by atoms with Crippen molar-refractivity contribution in [3.05, 3.63) is 42.0 Å². The number of aldehydes is 1. The first-order valence-electron chi connectivity index (χ1n) is 8.02.